The normalized spacial score (nSPS) is 14.3. The molecule has 190 valence electrons. The lowest BCUT2D eigenvalue weighted by molar-refractivity contribution is -0.123. The topological polar surface area (TPSA) is 67.9 Å². The number of amides is 2. The van der Waals surface area contributed by atoms with E-state index < -0.39 is 17.6 Å². The molecule has 4 rings (SSSR count). The van der Waals surface area contributed by atoms with E-state index in [4.69, 9.17) is 33.3 Å². The summed E-state index contributed by atoms with van der Waals surface area (Å²) < 4.78 is 26.9. The lowest BCUT2D eigenvalue weighted by atomic mass is 10.1. The average molecular weight is 687 g/mol. The Kier molecular flexibility index (Phi) is 8.91. The minimum absolute atomic E-state index is 0.115. The number of hydrogen-bond donors (Lipinski definition) is 1. The van der Waals surface area contributed by atoms with Crippen molar-refractivity contribution in [3.8, 4) is 11.5 Å². The Balaban J connectivity index is 1.52. The number of nitrogens with one attached hydrogen (secondary N) is 1. The van der Waals surface area contributed by atoms with Crippen molar-refractivity contribution in [3.05, 3.63) is 96.0 Å². The Labute approximate surface area is 243 Å². The summed E-state index contributed by atoms with van der Waals surface area (Å²) in [5, 5.41) is 1.29. The molecule has 0 radical (unpaired) electrons. The number of nitrogens with zero attached hydrogens (tertiary/aromatic N) is 1. The van der Waals surface area contributed by atoms with Gasteiger partial charge in [0.2, 0.25) is 0 Å². The molecule has 0 saturated carbocycles. The van der Waals surface area contributed by atoms with Crippen LogP contribution in [-0.2, 0) is 11.4 Å². The second kappa shape index (κ2) is 12.0. The molecule has 0 spiro atoms. The molecule has 1 aliphatic rings. The minimum atomic E-state index is -0.478. The Morgan fingerprint density at radius 2 is 1.95 bits per heavy atom. The van der Waals surface area contributed by atoms with E-state index in [0.717, 1.165) is 21.2 Å². The molecule has 0 unspecified atom stereocenters. The van der Waals surface area contributed by atoms with Crippen LogP contribution in [0.15, 0.2) is 68.4 Å². The minimum Gasteiger partial charge on any atom is -0.493 e. The average Bonchev–Trinajstić information content (AvgIpc) is 3.12. The second-order valence-electron chi connectivity index (χ2n) is 7.49. The zero-order valence-corrected chi connectivity index (χ0v) is 24.5. The highest BCUT2D eigenvalue weighted by Gasteiger charge is 2.34. The third-order valence-corrected chi connectivity index (χ3v) is 7.86. The standard InChI is InChI=1S/C25H16Br2ClFN2O4S2/c1-34-20-10-13(9-17(27)22(20)35-12-16-18(28)3-2-4-19(16)29)11-21-24(33)31(25(36)37-21)30-23(32)14-5-7-15(26)8-6-14/h2-11H,12H2,1H3,(H,30,32)/b21-11+. The quantitative estimate of drug-likeness (QED) is 0.211. The summed E-state index contributed by atoms with van der Waals surface area (Å²) in [6, 6.07) is 14.5. The van der Waals surface area contributed by atoms with Crippen LogP contribution in [-0.4, -0.2) is 28.3 Å². The van der Waals surface area contributed by atoms with Gasteiger partial charge in [-0.15, -0.1) is 0 Å². The fourth-order valence-corrected chi connectivity index (χ4v) is 5.50. The molecule has 0 atom stereocenters. The summed E-state index contributed by atoms with van der Waals surface area (Å²) in [4.78, 5) is 25.9. The van der Waals surface area contributed by atoms with Crippen LogP contribution in [0.2, 0.25) is 5.02 Å². The predicted octanol–water partition coefficient (Wildman–Crippen LogP) is 7.14. The maximum Gasteiger partial charge on any atom is 0.285 e. The Bertz CT molecular complexity index is 1420. The highest BCUT2D eigenvalue weighted by Crippen LogP contribution is 2.39. The number of thiocarbonyl (C=S) groups is 1. The summed E-state index contributed by atoms with van der Waals surface area (Å²) >= 11 is 19.2. The van der Waals surface area contributed by atoms with Gasteiger partial charge in [0.05, 0.1) is 21.5 Å². The first kappa shape index (κ1) is 27.6. The van der Waals surface area contributed by atoms with Crippen LogP contribution in [0.3, 0.4) is 0 Å². The molecular weight excluding hydrogens is 671 g/mol. The smallest absolute Gasteiger partial charge is 0.285 e. The molecule has 1 N–H and O–H groups in total. The van der Waals surface area contributed by atoms with Crippen LogP contribution >= 0.6 is 67.4 Å². The number of halogens is 4. The van der Waals surface area contributed by atoms with Crippen molar-refractivity contribution in [2.45, 2.75) is 6.61 Å². The number of ether oxygens (including phenoxy) is 2. The van der Waals surface area contributed by atoms with E-state index in [2.05, 4.69) is 37.3 Å². The van der Waals surface area contributed by atoms with Crippen molar-refractivity contribution in [3.63, 3.8) is 0 Å². The van der Waals surface area contributed by atoms with Gasteiger partial charge in [0, 0.05) is 15.6 Å². The van der Waals surface area contributed by atoms with Crippen molar-refractivity contribution >= 4 is 89.7 Å². The molecule has 3 aromatic carbocycles. The number of carbonyl (C=O) groups is 2. The van der Waals surface area contributed by atoms with Gasteiger partial charge in [-0.3, -0.25) is 15.0 Å². The number of rotatable bonds is 7. The first-order valence-corrected chi connectivity index (χ1v) is 13.6. The lowest BCUT2D eigenvalue weighted by Crippen LogP contribution is -2.44. The van der Waals surface area contributed by atoms with Gasteiger partial charge in [0.15, 0.2) is 15.8 Å². The first-order valence-electron chi connectivity index (χ1n) is 10.5. The zero-order chi connectivity index (χ0) is 26.7. The van der Waals surface area contributed by atoms with E-state index in [1.807, 2.05) is 0 Å². The molecule has 1 fully saturated rings. The highest BCUT2D eigenvalue weighted by atomic mass is 79.9. The number of methoxy groups -OCH3 is 1. The number of hydrogen-bond acceptors (Lipinski definition) is 6. The van der Waals surface area contributed by atoms with Crippen molar-refractivity contribution in [1.82, 2.24) is 10.4 Å². The summed E-state index contributed by atoms with van der Waals surface area (Å²) in [7, 11) is 1.46. The Hall–Kier alpha value is -2.44. The Morgan fingerprint density at radius 1 is 1.22 bits per heavy atom. The van der Waals surface area contributed by atoms with Crippen molar-refractivity contribution in [1.29, 1.82) is 0 Å². The monoisotopic (exact) mass is 684 g/mol. The maximum absolute atomic E-state index is 14.1. The summed E-state index contributed by atoms with van der Waals surface area (Å²) in [5.41, 5.74) is 3.75. The number of thioether (sulfide) groups is 1. The number of benzene rings is 3. The van der Waals surface area contributed by atoms with Crippen molar-refractivity contribution in [2.24, 2.45) is 0 Å². The van der Waals surface area contributed by atoms with Gasteiger partial charge < -0.3 is 9.47 Å². The van der Waals surface area contributed by atoms with Crippen molar-refractivity contribution < 1.29 is 23.5 Å². The number of hydrazine groups is 1. The second-order valence-corrected chi connectivity index (χ2v) is 11.3. The van der Waals surface area contributed by atoms with E-state index in [1.165, 1.54) is 19.2 Å². The van der Waals surface area contributed by atoms with E-state index in [-0.39, 0.29) is 21.5 Å². The number of carbonyl (C=O) groups excluding carboxylic acids is 2. The molecule has 3 aromatic rings. The molecule has 0 bridgehead atoms. The van der Waals surface area contributed by atoms with Gasteiger partial charge >= 0.3 is 0 Å². The van der Waals surface area contributed by atoms with E-state index in [0.29, 0.717) is 32.0 Å². The van der Waals surface area contributed by atoms with Crippen LogP contribution in [0.4, 0.5) is 4.39 Å². The summed E-state index contributed by atoms with van der Waals surface area (Å²) in [6.45, 7) is -0.115. The van der Waals surface area contributed by atoms with Crippen LogP contribution in [0.1, 0.15) is 21.5 Å². The summed E-state index contributed by atoms with van der Waals surface area (Å²) in [6.07, 6.45) is 1.62. The molecule has 1 saturated heterocycles. The SMILES string of the molecule is COc1cc(/C=C2/SC(=S)N(NC(=O)c3ccc(Br)cc3)C2=O)cc(Br)c1OCc1c(F)cccc1Cl. The molecule has 1 heterocycles. The fraction of sp³-hybridized carbons (Fsp3) is 0.0800. The summed E-state index contributed by atoms with van der Waals surface area (Å²) in [5.74, 6) is -0.718. The van der Waals surface area contributed by atoms with Crippen LogP contribution in [0, 0.1) is 5.82 Å². The molecule has 6 nitrogen and oxygen atoms in total. The zero-order valence-electron chi connectivity index (χ0n) is 18.9. The van der Waals surface area contributed by atoms with E-state index >= 15 is 0 Å². The molecule has 1 aliphatic heterocycles. The van der Waals surface area contributed by atoms with Crippen LogP contribution in [0.5, 0.6) is 11.5 Å². The van der Waals surface area contributed by atoms with Gasteiger partial charge in [-0.25, -0.2) is 4.39 Å². The fourth-order valence-electron chi connectivity index (χ4n) is 3.26. The van der Waals surface area contributed by atoms with E-state index in [9.17, 15) is 14.0 Å². The molecule has 37 heavy (non-hydrogen) atoms. The highest BCUT2D eigenvalue weighted by molar-refractivity contribution is 9.10. The molecule has 0 aliphatic carbocycles. The van der Waals surface area contributed by atoms with E-state index in [1.54, 1.807) is 48.5 Å². The first-order chi connectivity index (χ1) is 17.7. The predicted molar refractivity (Wildman–Crippen MR) is 153 cm³/mol. The lowest BCUT2D eigenvalue weighted by Gasteiger charge is -2.16. The molecule has 2 amide bonds. The van der Waals surface area contributed by atoms with Crippen LogP contribution in [0.25, 0.3) is 6.08 Å². The van der Waals surface area contributed by atoms with Gasteiger partial charge in [0.25, 0.3) is 11.8 Å². The third-order valence-electron chi connectivity index (χ3n) is 5.09. The third kappa shape index (κ3) is 6.35. The Morgan fingerprint density at radius 3 is 2.62 bits per heavy atom. The van der Waals surface area contributed by atoms with Gasteiger partial charge in [0.1, 0.15) is 12.4 Å². The van der Waals surface area contributed by atoms with Crippen molar-refractivity contribution in [2.75, 3.05) is 7.11 Å². The van der Waals surface area contributed by atoms with Gasteiger partial charge in [-0.2, -0.15) is 5.01 Å². The molecular formula is C25H16Br2ClFN2O4S2. The van der Waals surface area contributed by atoms with Gasteiger partial charge in [-0.1, -0.05) is 45.4 Å². The largest absolute Gasteiger partial charge is 0.493 e. The maximum atomic E-state index is 14.1. The molecule has 0 aromatic heterocycles. The van der Waals surface area contributed by atoms with Crippen LogP contribution < -0.4 is 14.9 Å². The molecule has 12 heteroatoms. The van der Waals surface area contributed by atoms with Gasteiger partial charge in [-0.05, 0) is 88.3 Å².